The Balaban J connectivity index is 1.90. The standard InChI is InChI=1S/C17H29N3O2/c1-3-18-13-16-5-4-15(12-17(16)22-2)14-20-8-6-19(7-9-20)10-11-21/h4-5,12,18,21H,3,6-11,13-14H2,1-2H3. The average Bonchev–Trinajstić information content (AvgIpc) is 2.55. The summed E-state index contributed by atoms with van der Waals surface area (Å²) in [4.78, 5) is 4.78. The molecule has 1 aromatic carbocycles. The van der Waals surface area contributed by atoms with Crippen LogP contribution in [0.5, 0.6) is 5.75 Å². The molecule has 5 heteroatoms. The van der Waals surface area contributed by atoms with Crippen LogP contribution in [0.25, 0.3) is 0 Å². The topological polar surface area (TPSA) is 48.0 Å². The number of nitrogens with zero attached hydrogens (tertiary/aromatic N) is 2. The molecule has 0 spiro atoms. The van der Waals surface area contributed by atoms with E-state index in [2.05, 4.69) is 40.2 Å². The van der Waals surface area contributed by atoms with E-state index >= 15 is 0 Å². The molecule has 1 aromatic rings. The van der Waals surface area contributed by atoms with Gasteiger partial charge in [-0.2, -0.15) is 0 Å². The van der Waals surface area contributed by atoms with Crippen molar-refractivity contribution in [2.24, 2.45) is 0 Å². The van der Waals surface area contributed by atoms with Gasteiger partial charge < -0.3 is 15.2 Å². The fourth-order valence-electron chi connectivity index (χ4n) is 2.86. The molecule has 0 unspecified atom stereocenters. The van der Waals surface area contributed by atoms with Gasteiger partial charge >= 0.3 is 0 Å². The number of rotatable bonds is 8. The van der Waals surface area contributed by atoms with Gasteiger partial charge in [0.2, 0.25) is 0 Å². The highest BCUT2D eigenvalue weighted by molar-refractivity contribution is 5.37. The first-order valence-corrected chi connectivity index (χ1v) is 8.19. The SMILES string of the molecule is CCNCc1ccc(CN2CCN(CCO)CC2)cc1OC. The van der Waals surface area contributed by atoms with Crippen molar-refractivity contribution in [1.82, 2.24) is 15.1 Å². The van der Waals surface area contributed by atoms with Crippen LogP contribution in [-0.2, 0) is 13.1 Å². The van der Waals surface area contributed by atoms with Gasteiger partial charge in [-0.15, -0.1) is 0 Å². The van der Waals surface area contributed by atoms with E-state index in [0.29, 0.717) is 0 Å². The van der Waals surface area contributed by atoms with Crippen LogP contribution in [0.15, 0.2) is 18.2 Å². The summed E-state index contributed by atoms with van der Waals surface area (Å²) in [6.07, 6.45) is 0. The summed E-state index contributed by atoms with van der Waals surface area (Å²) >= 11 is 0. The van der Waals surface area contributed by atoms with E-state index in [9.17, 15) is 0 Å². The maximum absolute atomic E-state index is 8.99. The Bertz CT molecular complexity index is 446. The van der Waals surface area contributed by atoms with Crippen molar-refractivity contribution in [1.29, 1.82) is 0 Å². The van der Waals surface area contributed by atoms with Gasteiger partial charge in [-0.05, 0) is 18.2 Å². The predicted octanol–water partition coefficient (Wildman–Crippen LogP) is 0.915. The van der Waals surface area contributed by atoms with E-state index < -0.39 is 0 Å². The molecule has 0 atom stereocenters. The minimum Gasteiger partial charge on any atom is -0.496 e. The summed E-state index contributed by atoms with van der Waals surface area (Å²) in [5, 5.41) is 12.3. The molecule has 0 saturated carbocycles. The molecule has 1 saturated heterocycles. The first kappa shape index (κ1) is 17.2. The van der Waals surface area contributed by atoms with Gasteiger partial charge in [-0.1, -0.05) is 19.1 Å². The normalized spacial score (nSPS) is 16.9. The first-order chi connectivity index (χ1) is 10.8. The van der Waals surface area contributed by atoms with Crippen LogP contribution in [0, 0.1) is 0 Å². The van der Waals surface area contributed by atoms with Gasteiger partial charge in [0.1, 0.15) is 5.75 Å². The number of hydrogen-bond donors (Lipinski definition) is 2. The van der Waals surface area contributed by atoms with Crippen LogP contribution < -0.4 is 10.1 Å². The molecule has 1 aliphatic rings. The third kappa shape index (κ3) is 4.95. The Morgan fingerprint density at radius 2 is 1.91 bits per heavy atom. The summed E-state index contributed by atoms with van der Waals surface area (Å²) in [6, 6.07) is 6.53. The lowest BCUT2D eigenvalue weighted by atomic mass is 10.1. The van der Waals surface area contributed by atoms with Gasteiger partial charge in [0.25, 0.3) is 0 Å². The smallest absolute Gasteiger partial charge is 0.123 e. The summed E-state index contributed by atoms with van der Waals surface area (Å²) in [7, 11) is 1.74. The number of β-amino-alcohol motifs (C(OH)–C–C–N with tert-alkyl or cyclic N) is 1. The predicted molar refractivity (Wildman–Crippen MR) is 89.2 cm³/mol. The summed E-state index contributed by atoms with van der Waals surface area (Å²) in [5.74, 6) is 0.970. The zero-order valence-corrected chi connectivity index (χ0v) is 13.8. The van der Waals surface area contributed by atoms with E-state index in [1.54, 1.807) is 7.11 Å². The quantitative estimate of drug-likeness (QED) is 0.748. The van der Waals surface area contributed by atoms with Crippen LogP contribution >= 0.6 is 0 Å². The molecule has 1 aliphatic heterocycles. The van der Waals surface area contributed by atoms with Gasteiger partial charge in [0.05, 0.1) is 13.7 Å². The first-order valence-electron chi connectivity index (χ1n) is 8.19. The second kappa shape index (κ2) is 9.10. The highest BCUT2D eigenvalue weighted by Gasteiger charge is 2.16. The molecule has 0 amide bonds. The zero-order valence-electron chi connectivity index (χ0n) is 13.8. The molecule has 2 N–H and O–H groups in total. The van der Waals surface area contributed by atoms with Crippen molar-refractivity contribution < 1.29 is 9.84 Å². The number of piperazine rings is 1. The van der Waals surface area contributed by atoms with Crippen molar-refractivity contribution in [3.8, 4) is 5.75 Å². The maximum atomic E-state index is 8.99. The van der Waals surface area contributed by atoms with Crippen molar-refractivity contribution in [3.63, 3.8) is 0 Å². The van der Waals surface area contributed by atoms with Gasteiger partial charge in [0.15, 0.2) is 0 Å². The number of aliphatic hydroxyl groups is 1. The number of ether oxygens (including phenoxy) is 1. The second-order valence-corrected chi connectivity index (χ2v) is 5.77. The lowest BCUT2D eigenvalue weighted by Gasteiger charge is -2.34. The van der Waals surface area contributed by atoms with Gasteiger partial charge in [0, 0.05) is 51.4 Å². The molecule has 0 aliphatic carbocycles. The Hall–Kier alpha value is -1.14. The fraction of sp³-hybridized carbons (Fsp3) is 0.647. The average molecular weight is 307 g/mol. The van der Waals surface area contributed by atoms with E-state index in [1.807, 2.05) is 0 Å². The van der Waals surface area contributed by atoms with Crippen molar-refractivity contribution in [3.05, 3.63) is 29.3 Å². The molecule has 1 heterocycles. The Morgan fingerprint density at radius 3 is 2.55 bits per heavy atom. The second-order valence-electron chi connectivity index (χ2n) is 5.77. The maximum Gasteiger partial charge on any atom is 0.123 e. The third-order valence-electron chi connectivity index (χ3n) is 4.20. The minimum absolute atomic E-state index is 0.254. The molecule has 0 bridgehead atoms. The third-order valence-corrected chi connectivity index (χ3v) is 4.20. The molecular formula is C17H29N3O2. The number of methoxy groups -OCH3 is 1. The van der Waals surface area contributed by atoms with Crippen LogP contribution in [0.1, 0.15) is 18.1 Å². The molecule has 22 heavy (non-hydrogen) atoms. The van der Waals surface area contributed by atoms with Gasteiger partial charge in [-0.25, -0.2) is 0 Å². The highest BCUT2D eigenvalue weighted by Crippen LogP contribution is 2.21. The van der Waals surface area contributed by atoms with Crippen LogP contribution in [0.3, 0.4) is 0 Å². The molecule has 5 nitrogen and oxygen atoms in total. The van der Waals surface area contributed by atoms with Crippen LogP contribution in [0.2, 0.25) is 0 Å². The molecule has 2 rings (SSSR count). The van der Waals surface area contributed by atoms with Crippen molar-refractivity contribution in [2.75, 3.05) is 53.0 Å². The van der Waals surface area contributed by atoms with E-state index in [-0.39, 0.29) is 6.61 Å². The molecule has 0 aromatic heterocycles. The zero-order chi connectivity index (χ0) is 15.8. The molecule has 1 fully saturated rings. The van der Waals surface area contributed by atoms with Gasteiger partial charge in [-0.3, -0.25) is 9.80 Å². The Labute approximate surface area is 133 Å². The molecule has 0 radical (unpaired) electrons. The highest BCUT2D eigenvalue weighted by atomic mass is 16.5. The van der Waals surface area contributed by atoms with Crippen LogP contribution in [0.4, 0.5) is 0 Å². The monoisotopic (exact) mass is 307 g/mol. The largest absolute Gasteiger partial charge is 0.496 e. The summed E-state index contributed by atoms with van der Waals surface area (Å²) in [6.45, 7) is 10.1. The minimum atomic E-state index is 0.254. The molecule has 124 valence electrons. The number of hydrogen-bond acceptors (Lipinski definition) is 5. The lowest BCUT2D eigenvalue weighted by molar-refractivity contribution is 0.108. The Morgan fingerprint density at radius 1 is 1.18 bits per heavy atom. The van der Waals surface area contributed by atoms with Crippen molar-refractivity contribution >= 4 is 0 Å². The Kier molecular flexibility index (Phi) is 7.12. The fourth-order valence-corrected chi connectivity index (χ4v) is 2.86. The van der Waals surface area contributed by atoms with E-state index in [1.165, 1.54) is 11.1 Å². The number of benzene rings is 1. The van der Waals surface area contributed by atoms with Crippen molar-refractivity contribution in [2.45, 2.75) is 20.0 Å². The summed E-state index contributed by atoms with van der Waals surface area (Å²) < 4.78 is 5.53. The van der Waals surface area contributed by atoms with Crippen LogP contribution in [-0.4, -0.2) is 67.9 Å². The summed E-state index contributed by atoms with van der Waals surface area (Å²) in [5.41, 5.74) is 2.51. The number of aliphatic hydroxyl groups excluding tert-OH is 1. The molecular weight excluding hydrogens is 278 g/mol. The lowest BCUT2D eigenvalue weighted by Crippen LogP contribution is -2.46. The number of nitrogens with one attached hydrogen (secondary N) is 1. The van der Waals surface area contributed by atoms with E-state index in [4.69, 9.17) is 9.84 Å². The van der Waals surface area contributed by atoms with E-state index in [0.717, 1.165) is 58.1 Å².